The lowest BCUT2D eigenvalue weighted by molar-refractivity contribution is 0.285. The van der Waals surface area contributed by atoms with E-state index in [-0.39, 0.29) is 6.04 Å². The van der Waals surface area contributed by atoms with Crippen LogP contribution in [-0.2, 0) is 6.54 Å². The maximum absolute atomic E-state index is 5.73. The Morgan fingerprint density at radius 1 is 1.32 bits per heavy atom. The molecule has 2 rings (SSSR count). The number of aryl methyl sites for hydroxylation is 1. The van der Waals surface area contributed by atoms with Crippen molar-refractivity contribution in [3.63, 3.8) is 0 Å². The molecule has 1 N–H and O–H groups in total. The van der Waals surface area contributed by atoms with Crippen LogP contribution in [-0.4, -0.2) is 23.2 Å². The molecule has 1 unspecified atom stereocenters. The molecule has 19 heavy (non-hydrogen) atoms. The molecule has 0 fully saturated rings. The second-order valence-electron chi connectivity index (χ2n) is 4.36. The molecule has 0 saturated carbocycles. The van der Waals surface area contributed by atoms with Crippen molar-refractivity contribution in [1.29, 1.82) is 0 Å². The predicted molar refractivity (Wildman–Crippen MR) is 76.3 cm³/mol. The van der Waals surface area contributed by atoms with E-state index in [4.69, 9.17) is 4.74 Å². The summed E-state index contributed by atoms with van der Waals surface area (Å²) in [5.41, 5.74) is 0. The zero-order chi connectivity index (χ0) is 13.5. The number of nitrogens with zero attached hydrogens (tertiary/aromatic N) is 2. The van der Waals surface area contributed by atoms with Crippen molar-refractivity contribution in [2.75, 3.05) is 13.7 Å². The monoisotopic (exact) mass is 259 g/mol. The van der Waals surface area contributed by atoms with Crippen LogP contribution in [0.25, 0.3) is 0 Å². The molecule has 0 radical (unpaired) electrons. The molecule has 1 aromatic carbocycles. The number of nitrogens with one attached hydrogen (secondary N) is 1. The third-order valence-corrected chi connectivity index (χ3v) is 3.17. The molecule has 0 aliphatic heterocycles. The highest BCUT2D eigenvalue weighted by atomic mass is 16.5. The number of aromatic nitrogens is 2. The van der Waals surface area contributed by atoms with E-state index in [0.29, 0.717) is 6.61 Å². The van der Waals surface area contributed by atoms with Gasteiger partial charge in [0.15, 0.2) is 0 Å². The minimum Gasteiger partial charge on any atom is -0.494 e. The van der Waals surface area contributed by atoms with Gasteiger partial charge in [-0.3, -0.25) is 0 Å². The molecule has 2 aromatic rings. The Balaban J connectivity index is 1.90. The average Bonchev–Trinajstić information content (AvgIpc) is 2.93. The van der Waals surface area contributed by atoms with Crippen molar-refractivity contribution >= 4 is 0 Å². The number of imidazole rings is 1. The van der Waals surface area contributed by atoms with E-state index >= 15 is 0 Å². The number of benzene rings is 1. The molecule has 1 heterocycles. The zero-order valence-electron chi connectivity index (χ0n) is 11.5. The van der Waals surface area contributed by atoms with E-state index in [1.165, 1.54) is 0 Å². The van der Waals surface area contributed by atoms with Crippen LogP contribution in [0.3, 0.4) is 0 Å². The van der Waals surface area contributed by atoms with Gasteiger partial charge < -0.3 is 14.6 Å². The van der Waals surface area contributed by atoms with Crippen molar-refractivity contribution in [2.45, 2.75) is 25.9 Å². The number of ether oxygens (including phenoxy) is 1. The molecular formula is C15H21N3O. The fourth-order valence-corrected chi connectivity index (χ4v) is 2.11. The van der Waals surface area contributed by atoms with Gasteiger partial charge in [-0.05, 0) is 26.1 Å². The summed E-state index contributed by atoms with van der Waals surface area (Å²) in [6.45, 7) is 3.73. The zero-order valence-corrected chi connectivity index (χ0v) is 11.5. The van der Waals surface area contributed by atoms with Gasteiger partial charge >= 0.3 is 0 Å². The van der Waals surface area contributed by atoms with Gasteiger partial charge in [0.2, 0.25) is 0 Å². The molecule has 0 aliphatic rings. The minimum absolute atomic E-state index is 0.221. The summed E-state index contributed by atoms with van der Waals surface area (Å²) in [5.74, 6) is 1.98. The largest absolute Gasteiger partial charge is 0.494 e. The molecule has 1 atom stereocenters. The van der Waals surface area contributed by atoms with Crippen LogP contribution in [0.15, 0.2) is 42.7 Å². The first-order chi connectivity index (χ1) is 9.35. The maximum atomic E-state index is 5.73. The molecular weight excluding hydrogens is 238 g/mol. The van der Waals surface area contributed by atoms with Crippen molar-refractivity contribution in [3.05, 3.63) is 48.5 Å². The first-order valence-electron chi connectivity index (χ1n) is 6.71. The van der Waals surface area contributed by atoms with Crippen LogP contribution in [0.5, 0.6) is 5.75 Å². The topological polar surface area (TPSA) is 39.1 Å². The Kier molecular flexibility index (Phi) is 4.98. The smallest absolute Gasteiger partial charge is 0.125 e. The molecule has 0 amide bonds. The normalized spacial score (nSPS) is 12.3. The van der Waals surface area contributed by atoms with E-state index in [1.54, 1.807) is 0 Å². The molecule has 102 valence electrons. The van der Waals surface area contributed by atoms with Crippen LogP contribution in [0, 0.1) is 0 Å². The highest BCUT2D eigenvalue weighted by Crippen LogP contribution is 2.16. The third-order valence-electron chi connectivity index (χ3n) is 3.17. The van der Waals surface area contributed by atoms with Crippen LogP contribution in [0.1, 0.15) is 25.2 Å². The van der Waals surface area contributed by atoms with Crippen LogP contribution < -0.4 is 10.1 Å². The maximum Gasteiger partial charge on any atom is 0.125 e. The lowest BCUT2D eigenvalue weighted by atomic mass is 10.2. The van der Waals surface area contributed by atoms with Gasteiger partial charge in [-0.1, -0.05) is 18.2 Å². The van der Waals surface area contributed by atoms with Gasteiger partial charge in [0.1, 0.15) is 11.6 Å². The lowest BCUT2D eigenvalue weighted by Gasteiger charge is -2.17. The fourth-order valence-electron chi connectivity index (χ4n) is 2.11. The van der Waals surface area contributed by atoms with Crippen LogP contribution in [0.2, 0.25) is 0 Å². The van der Waals surface area contributed by atoms with E-state index in [0.717, 1.165) is 24.5 Å². The highest BCUT2D eigenvalue weighted by molar-refractivity contribution is 5.20. The van der Waals surface area contributed by atoms with Crippen LogP contribution >= 0.6 is 0 Å². The Bertz CT molecular complexity index is 481. The Labute approximate surface area is 114 Å². The number of rotatable bonds is 7. The molecule has 4 heteroatoms. The molecule has 4 nitrogen and oxygen atoms in total. The van der Waals surface area contributed by atoms with Gasteiger partial charge in [-0.25, -0.2) is 4.98 Å². The Morgan fingerprint density at radius 3 is 2.79 bits per heavy atom. The summed E-state index contributed by atoms with van der Waals surface area (Å²) < 4.78 is 7.89. The van der Waals surface area contributed by atoms with Gasteiger partial charge in [-0.15, -0.1) is 0 Å². The molecule has 0 saturated heterocycles. The standard InChI is InChI=1S/C15H21N3O/c1-3-18-11-10-17-15(18)14(16-2)9-12-19-13-7-5-4-6-8-13/h4-8,10-11,14,16H,3,9,12H2,1-2H3. The summed E-state index contributed by atoms with van der Waals surface area (Å²) >= 11 is 0. The van der Waals surface area contributed by atoms with Crippen LogP contribution in [0.4, 0.5) is 0 Å². The molecule has 0 aliphatic carbocycles. The van der Waals surface area contributed by atoms with Crippen molar-refractivity contribution in [2.24, 2.45) is 0 Å². The summed E-state index contributed by atoms with van der Waals surface area (Å²) in [7, 11) is 1.96. The quantitative estimate of drug-likeness (QED) is 0.831. The Morgan fingerprint density at radius 2 is 2.11 bits per heavy atom. The SMILES string of the molecule is CCn1ccnc1C(CCOc1ccccc1)NC. The van der Waals surface area contributed by atoms with Crippen molar-refractivity contribution in [1.82, 2.24) is 14.9 Å². The number of para-hydroxylation sites is 1. The van der Waals surface area contributed by atoms with E-state index in [9.17, 15) is 0 Å². The molecule has 0 bridgehead atoms. The summed E-state index contributed by atoms with van der Waals surface area (Å²) in [5, 5.41) is 3.30. The van der Waals surface area contributed by atoms with Gasteiger partial charge in [0.05, 0.1) is 12.6 Å². The Hall–Kier alpha value is -1.81. The van der Waals surface area contributed by atoms with E-state index in [1.807, 2.05) is 49.8 Å². The van der Waals surface area contributed by atoms with E-state index < -0.39 is 0 Å². The predicted octanol–water partition coefficient (Wildman–Crippen LogP) is 2.63. The highest BCUT2D eigenvalue weighted by Gasteiger charge is 2.14. The lowest BCUT2D eigenvalue weighted by Crippen LogP contribution is -2.22. The summed E-state index contributed by atoms with van der Waals surface area (Å²) in [6, 6.07) is 10.1. The second-order valence-corrected chi connectivity index (χ2v) is 4.36. The minimum atomic E-state index is 0.221. The van der Waals surface area contributed by atoms with Gasteiger partial charge in [0.25, 0.3) is 0 Å². The van der Waals surface area contributed by atoms with Gasteiger partial charge in [-0.2, -0.15) is 0 Å². The van der Waals surface area contributed by atoms with E-state index in [2.05, 4.69) is 21.8 Å². The molecule has 0 spiro atoms. The summed E-state index contributed by atoms with van der Waals surface area (Å²) in [6.07, 6.45) is 4.75. The van der Waals surface area contributed by atoms with Gasteiger partial charge in [0, 0.05) is 25.4 Å². The molecule has 1 aromatic heterocycles. The van der Waals surface area contributed by atoms with Crippen molar-refractivity contribution < 1.29 is 4.74 Å². The van der Waals surface area contributed by atoms with Crippen molar-refractivity contribution in [3.8, 4) is 5.75 Å². The number of hydrogen-bond donors (Lipinski definition) is 1. The summed E-state index contributed by atoms with van der Waals surface area (Å²) in [4.78, 5) is 4.43. The fraction of sp³-hybridized carbons (Fsp3) is 0.400. The first-order valence-corrected chi connectivity index (χ1v) is 6.71. The first kappa shape index (κ1) is 13.6. The second kappa shape index (κ2) is 6.95. The number of hydrogen-bond acceptors (Lipinski definition) is 3. The third kappa shape index (κ3) is 3.58. The average molecular weight is 259 g/mol.